The molecule has 0 N–H and O–H groups in total. The highest BCUT2D eigenvalue weighted by Gasteiger charge is 2.19. The van der Waals surface area contributed by atoms with E-state index in [4.69, 9.17) is 42.6 Å². The van der Waals surface area contributed by atoms with E-state index in [1.54, 1.807) is 57.7 Å². The van der Waals surface area contributed by atoms with E-state index in [1.807, 2.05) is 166 Å². The lowest BCUT2D eigenvalue weighted by atomic mass is 9.88. The Morgan fingerprint density at radius 3 is 0.713 bits per heavy atom. The summed E-state index contributed by atoms with van der Waals surface area (Å²) in [5.41, 5.74) is 13.1. The molecule has 0 bridgehead atoms. The fourth-order valence-corrected chi connectivity index (χ4v) is 11.8. The maximum Gasteiger partial charge on any atom is 0.338 e. The van der Waals surface area contributed by atoms with Crippen molar-refractivity contribution >= 4 is 17.9 Å². The van der Waals surface area contributed by atoms with Gasteiger partial charge in [-0.1, -0.05) is 108 Å². The first-order chi connectivity index (χ1) is 52.5. The number of esters is 3. The van der Waals surface area contributed by atoms with Crippen LogP contribution >= 0.6 is 0 Å². The van der Waals surface area contributed by atoms with Crippen LogP contribution in [-0.2, 0) is 34.0 Å². The highest BCUT2D eigenvalue weighted by atomic mass is 16.5. The molecule has 108 heavy (non-hydrogen) atoms. The molecule has 10 aromatic rings. The summed E-state index contributed by atoms with van der Waals surface area (Å²) in [6, 6.07) is 76.7. The minimum Gasteiger partial charge on any atom is -0.497 e. The van der Waals surface area contributed by atoms with Crippen molar-refractivity contribution in [3.05, 3.63) is 320 Å². The predicted octanol–water partition coefficient (Wildman–Crippen LogP) is 16.3. The molecule has 10 aromatic carbocycles. The zero-order valence-electron chi connectivity index (χ0n) is 63.0. The van der Waals surface area contributed by atoms with Crippen LogP contribution in [0.15, 0.2) is 237 Å². The number of carbonyl (C=O) groups excluding carboxylic acids is 3. The highest BCUT2D eigenvalue weighted by Crippen LogP contribution is 2.35. The van der Waals surface area contributed by atoms with E-state index in [0.717, 1.165) is 84.0 Å². The van der Waals surface area contributed by atoms with E-state index < -0.39 is 0 Å². The first-order valence-electron chi connectivity index (χ1n) is 36.0. The number of hydrogen-bond donors (Lipinski definition) is 0. The molecule has 0 radical (unpaired) electrons. The number of carbonyl (C=O) groups is 3. The summed E-state index contributed by atoms with van der Waals surface area (Å²) >= 11 is 0. The van der Waals surface area contributed by atoms with Gasteiger partial charge in [0.15, 0.2) is 0 Å². The number of benzene rings is 10. The Balaban J connectivity index is 0.861. The molecule has 0 aromatic heterocycles. The summed E-state index contributed by atoms with van der Waals surface area (Å²) in [5, 5.41) is 0. The van der Waals surface area contributed by atoms with Gasteiger partial charge in [0.25, 0.3) is 0 Å². The molecule has 0 saturated carbocycles. The SMILES string of the molecule is COc1ccc(C(CC#Cc2ccc(C(=O)OCCN(C)C)cc2)c2ccc(OCc3cc(COc4ccc(C(CC#Cc5ccc(C(=O)OCCN(C)C)cc5)c5ccc(OC)cc5)cc4)cc(COc4ccc(C(CC#Cc5ccc(C(=O)OCCN(C)C)cc5)c5ccc(OC)cc5)cc4)c3)cc2)cc1. The summed E-state index contributed by atoms with van der Waals surface area (Å²) < 4.78 is 52.7. The number of likely N-dealkylation sites (N-methyl/N-ethyl adjacent to an activating group) is 3. The molecule has 0 amide bonds. The van der Waals surface area contributed by atoms with E-state index in [9.17, 15) is 14.4 Å². The Labute approximate surface area is 636 Å². The van der Waals surface area contributed by atoms with Crippen LogP contribution in [0.25, 0.3) is 0 Å². The molecule has 3 atom stereocenters. The van der Waals surface area contributed by atoms with Crippen molar-refractivity contribution in [3.8, 4) is 70.0 Å². The maximum absolute atomic E-state index is 12.7. The van der Waals surface area contributed by atoms with E-state index in [1.165, 1.54) is 0 Å². The van der Waals surface area contributed by atoms with Crippen LogP contribution in [-0.4, -0.2) is 136 Å². The second-order valence-corrected chi connectivity index (χ2v) is 26.8. The van der Waals surface area contributed by atoms with Gasteiger partial charge in [-0.15, -0.1) is 0 Å². The van der Waals surface area contributed by atoms with Gasteiger partial charge in [0, 0.05) is 73.3 Å². The molecule has 3 unspecified atom stereocenters. The zero-order valence-corrected chi connectivity index (χ0v) is 63.0. The molecule has 0 aliphatic rings. The average Bonchev–Trinajstić information content (AvgIpc) is 0.837. The number of nitrogens with zero attached hydrogens (tertiary/aromatic N) is 3. The van der Waals surface area contributed by atoms with Gasteiger partial charge in [-0.05, 0) is 256 Å². The second kappa shape index (κ2) is 40.5. The minimum absolute atomic E-state index is 0.0671. The molecule has 10 rings (SSSR count). The fourth-order valence-electron chi connectivity index (χ4n) is 11.8. The average molecular weight is 1440 g/mol. The first kappa shape index (κ1) is 78.6. The van der Waals surface area contributed by atoms with Crippen LogP contribution in [0, 0.1) is 35.5 Å². The van der Waals surface area contributed by atoms with Crippen molar-refractivity contribution in [1.29, 1.82) is 0 Å². The van der Waals surface area contributed by atoms with Crippen LogP contribution in [0.2, 0.25) is 0 Å². The number of ether oxygens (including phenoxy) is 9. The molecule has 0 aliphatic carbocycles. The third kappa shape index (κ3) is 24.3. The highest BCUT2D eigenvalue weighted by molar-refractivity contribution is 5.90. The Kier molecular flexibility index (Phi) is 29.4. The molecular formula is C93H93N3O12. The molecule has 0 aliphatic heterocycles. The third-order valence-electron chi connectivity index (χ3n) is 18.0. The Morgan fingerprint density at radius 2 is 0.509 bits per heavy atom. The van der Waals surface area contributed by atoms with Crippen molar-refractivity contribution in [2.75, 3.05) is 103 Å². The molecule has 0 fully saturated rings. The summed E-state index contributed by atoms with van der Waals surface area (Å²) in [7, 11) is 16.6. The topological polar surface area (TPSA) is 144 Å². The van der Waals surface area contributed by atoms with Gasteiger partial charge in [0.2, 0.25) is 0 Å². The standard InChI is InChI=1S/C93H93N3O12/c1-94(2)55-58-103-91(97)79-25-19-67(20-26-79)13-10-16-88(73-31-43-82(100-7)44-32-73)76-37-49-85(50-38-76)106-64-70-61-71(65-107-86-51-39-77(40-52-86)89(74-33-45-83(101-8)46-34-74)17-11-14-68-21-27-80(28-22-68)92(98)104-59-56-95(3)4)63-72(62-70)66-108-87-53-41-78(42-54-87)90(75-35-47-84(102-9)48-36-75)18-12-15-69-23-29-81(30-24-69)93(99)105-60-57-96(5)6/h19-54,61-63,88-90H,16-18,55-60,64-66H2,1-9H3. The predicted molar refractivity (Wildman–Crippen MR) is 424 cm³/mol. The number of methoxy groups -OCH3 is 3. The largest absolute Gasteiger partial charge is 0.497 e. The van der Waals surface area contributed by atoms with Gasteiger partial charge >= 0.3 is 17.9 Å². The Bertz CT molecular complexity index is 4230. The summed E-state index contributed by atoms with van der Waals surface area (Å²) in [6.07, 6.45) is 1.59. The summed E-state index contributed by atoms with van der Waals surface area (Å²) in [4.78, 5) is 43.9. The Hall–Kier alpha value is -12.0. The lowest BCUT2D eigenvalue weighted by molar-refractivity contribution is 0.0472. The molecular weight excluding hydrogens is 1350 g/mol. The van der Waals surface area contributed by atoms with Crippen molar-refractivity contribution in [3.63, 3.8) is 0 Å². The summed E-state index contributed by atoms with van der Waals surface area (Å²) in [6.45, 7) is 3.68. The second-order valence-electron chi connectivity index (χ2n) is 26.8. The van der Waals surface area contributed by atoms with Crippen molar-refractivity contribution in [2.45, 2.75) is 56.8 Å². The quantitative estimate of drug-likeness (QED) is 0.0218. The minimum atomic E-state index is -0.361. The van der Waals surface area contributed by atoms with E-state index in [-0.39, 0.29) is 55.5 Å². The molecule has 0 heterocycles. The van der Waals surface area contributed by atoms with Crippen LogP contribution in [0.4, 0.5) is 0 Å². The van der Waals surface area contributed by atoms with E-state index >= 15 is 0 Å². The van der Waals surface area contributed by atoms with Crippen LogP contribution < -0.4 is 28.4 Å². The molecule has 0 saturated heterocycles. The van der Waals surface area contributed by atoms with Gasteiger partial charge in [0.1, 0.15) is 74.1 Å². The molecule has 15 nitrogen and oxygen atoms in total. The lowest BCUT2D eigenvalue weighted by Gasteiger charge is -2.18. The van der Waals surface area contributed by atoms with Gasteiger partial charge in [-0.2, -0.15) is 0 Å². The smallest absolute Gasteiger partial charge is 0.338 e. The first-order valence-corrected chi connectivity index (χ1v) is 36.0. The van der Waals surface area contributed by atoms with Crippen LogP contribution in [0.1, 0.15) is 135 Å². The fraction of sp³-hybridized carbons (Fsp3) is 0.258. The normalized spacial score (nSPS) is 11.7. The zero-order chi connectivity index (χ0) is 76.0. The maximum atomic E-state index is 12.7. The van der Waals surface area contributed by atoms with Gasteiger partial charge in [-0.25, -0.2) is 14.4 Å². The molecule has 15 heteroatoms. The monoisotopic (exact) mass is 1440 g/mol. The van der Waals surface area contributed by atoms with E-state index in [2.05, 4.69) is 127 Å². The van der Waals surface area contributed by atoms with Gasteiger partial charge in [-0.3, -0.25) is 0 Å². The van der Waals surface area contributed by atoms with E-state index in [0.29, 0.717) is 92.7 Å². The lowest BCUT2D eigenvalue weighted by Crippen LogP contribution is -2.20. The van der Waals surface area contributed by atoms with Crippen LogP contribution in [0.5, 0.6) is 34.5 Å². The van der Waals surface area contributed by atoms with Crippen molar-refractivity contribution in [1.82, 2.24) is 14.7 Å². The third-order valence-corrected chi connectivity index (χ3v) is 18.0. The molecule has 552 valence electrons. The van der Waals surface area contributed by atoms with Gasteiger partial charge < -0.3 is 57.3 Å². The Morgan fingerprint density at radius 1 is 0.296 bits per heavy atom. The number of hydrogen-bond acceptors (Lipinski definition) is 15. The summed E-state index contributed by atoms with van der Waals surface area (Å²) in [5.74, 6) is 23.3. The van der Waals surface area contributed by atoms with Crippen molar-refractivity contribution < 1.29 is 57.0 Å². The van der Waals surface area contributed by atoms with Crippen LogP contribution in [0.3, 0.4) is 0 Å². The van der Waals surface area contributed by atoms with Crippen molar-refractivity contribution in [2.24, 2.45) is 0 Å². The number of rotatable bonds is 33. The molecule has 0 spiro atoms. The van der Waals surface area contributed by atoms with Gasteiger partial charge in [0.05, 0.1) is 38.0 Å².